The van der Waals surface area contributed by atoms with E-state index in [9.17, 15) is 9.90 Å². The van der Waals surface area contributed by atoms with E-state index in [0.29, 0.717) is 40.3 Å². The number of nitrogens with two attached hydrogens (primary N) is 1. The third-order valence-corrected chi connectivity index (χ3v) is 4.91. The van der Waals surface area contributed by atoms with Crippen molar-refractivity contribution in [2.45, 2.75) is 33.4 Å². The third kappa shape index (κ3) is 7.28. The molecule has 9 heteroatoms. The summed E-state index contributed by atoms with van der Waals surface area (Å²) in [5.74, 6) is 0.898. The van der Waals surface area contributed by atoms with Crippen LogP contribution in [0.2, 0.25) is 5.02 Å². The lowest BCUT2D eigenvalue weighted by molar-refractivity contribution is -0.122. The van der Waals surface area contributed by atoms with Gasteiger partial charge in [0, 0.05) is 29.9 Å². The van der Waals surface area contributed by atoms with Gasteiger partial charge >= 0.3 is 0 Å². The summed E-state index contributed by atoms with van der Waals surface area (Å²) in [6.45, 7) is 8.39. The van der Waals surface area contributed by atoms with Crippen LogP contribution in [0.4, 0.5) is 5.69 Å². The van der Waals surface area contributed by atoms with Gasteiger partial charge in [-0.25, -0.2) is 4.99 Å². The van der Waals surface area contributed by atoms with Crippen LogP contribution in [0.15, 0.2) is 29.3 Å². The van der Waals surface area contributed by atoms with E-state index >= 15 is 0 Å². The SMILES string of the molecule is CC.CC1=NC(c2ccc(Cl)cc2N)=CC(O)N1CC(=O)NCC1CCNC1.CO. The number of rotatable bonds is 5. The van der Waals surface area contributed by atoms with Crippen LogP contribution in [-0.2, 0) is 4.79 Å². The number of nitrogen functional groups attached to an aromatic ring is 1. The molecule has 0 aliphatic carbocycles. The molecular weight excluding hydrogens is 406 g/mol. The number of hydrogen-bond acceptors (Lipinski definition) is 7. The van der Waals surface area contributed by atoms with Gasteiger partial charge in [0.15, 0.2) is 0 Å². The molecule has 2 atom stereocenters. The number of benzene rings is 1. The van der Waals surface area contributed by atoms with Crippen LogP contribution in [-0.4, -0.2) is 66.4 Å². The van der Waals surface area contributed by atoms with E-state index in [1.165, 1.54) is 0 Å². The first-order valence-electron chi connectivity index (χ1n) is 10.1. The summed E-state index contributed by atoms with van der Waals surface area (Å²) < 4.78 is 0. The second-order valence-corrected chi connectivity index (χ2v) is 7.08. The van der Waals surface area contributed by atoms with Crippen molar-refractivity contribution >= 4 is 34.7 Å². The molecule has 0 saturated carbocycles. The zero-order valence-corrected chi connectivity index (χ0v) is 18.9. The van der Waals surface area contributed by atoms with Crippen LogP contribution in [0.1, 0.15) is 32.8 Å². The Morgan fingerprint density at radius 2 is 2.10 bits per heavy atom. The smallest absolute Gasteiger partial charge is 0.239 e. The summed E-state index contributed by atoms with van der Waals surface area (Å²) in [5.41, 5.74) is 7.76. The summed E-state index contributed by atoms with van der Waals surface area (Å²) in [7, 11) is 1.00. The Morgan fingerprint density at radius 1 is 1.40 bits per heavy atom. The number of aliphatic imine (C=N–C) groups is 1. The molecule has 0 bridgehead atoms. The topological polar surface area (TPSA) is 123 Å². The Morgan fingerprint density at radius 3 is 2.67 bits per heavy atom. The second-order valence-electron chi connectivity index (χ2n) is 6.65. The molecule has 3 rings (SSSR count). The zero-order valence-electron chi connectivity index (χ0n) is 18.2. The lowest BCUT2D eigenvalue weighted by Gasteiger charge is -2.31. The maximum absolute atomic E-state index is 12.2. The molecule has 8 nitrogen and oxygen atoms in total. The van der Waals surface area contributed by atoms with E-state index in [4.69, 9.17) is 22.4 Å². The number of nitrogens with zero attached hydrogens (tertiary/aromatic N) is 2. The predicted molar refractivity (Wildman–Crippen MR) is 123 cm³/mol. The maximum Gasteiger partial charge on any atom is 0.239 e. The van der Waals surface area contributed by atoms with Gasteiger partial charge in [-0.1, -0.05) is 25.4 Å². The lowest BCUT2D eigenvalue weighted by Crippen LogP contribution is -2.47. The van der Waals surface area contributed by atoms with Crippen molar-refractivity contribution in [1.82, 2.24) is 15.5 Å². The molecule has 0 aromatic heterocycles. The Labute approximate surface area is 183 Å². The molecule has 1 amide bonds. The first kappa shape index (κ1) is 25.9. The highest BCUT2D eigenvalue weighted by molar-refractivity contribution is 6.31. The van der Waals surface area contributed by atoms with Crippen LogP contribution in [0.5, 0.6) is 0 Å². The highest BCUT2D eigenvalue weighted by atomic mass is 35.5. The average Bonchev–Trinajstić information content (AvgIpc) is 3.26. The molecule has 0 radical (unpaired) electrons. The van der Waals surface area contributed by atoms with E-state index in [1.807, 2.05) is 13.8 Å². The normalized spacial score (nSPS) is 20.2. The van der Waals surface area contributed by atoms with Crippen molar-refractivity contribution in [2.24, 2.45) is 10.9 Å². The van der Waals surface area contributed by atoms with Crippen LogP contribution in [0, 0.1) is 5.92 Å². The number of amidine groups is 1. The standard InChI is InChI=1S/C18H24ClN5O2.C2H6.CH4O/c1-11-23-16(14-3-2-13(19)6-15(14)20)7-18(26)24(11)10-17(25)22-9-12-4-5-21-8-12;2*1-2/h2-3,6-7,12,18,21,26H,4-5,8-10,20H2,1H3,(H,22,25);1-2H3;2H,1H3. The van der Waals surface area contributed by atoms with Crippen molar-refractivity contribution < 1.29 is 15.0 Å². The van der Waals surface area contributed by atoms with Gasteiger partial charge in [0.2, 0.25) is 5.91 Å². The minimum Gasteiger partial charge on any atom is -0.400 e. The van der Waals surface area contributed by atoms with Crippen molar-refractivity contribution in [3.63, 3.8) is 0 Å². The van der Waals surface area contributed by atoms with E-state index in [1.54, 1.807) is 36.1 Å². The fourth-order valence-corrected chi connectivity index (χ4v) is 3.36. The molecule has 2 heterocycles. The van der Waals surface area contributed by atoms with Gasteiger partial charge in [0.25, 0.3) is 0 Å². The molecule has 2 unspecified atom stereocenters. The molecule has 30 heavy (non-hydrogen) atoms. The van der Waals surface area contributed by atoms with Crippen LogP contribution in [0.25, 0.3) is 5.70 Å². The van der Waals surface area contributed by atoms with Crippen LogP contribution in [0.3, 0.4) is 0 Å². The van der Waals surface area contributed by atoms with Crippen LogP contribution < -0.4 is 16.4 Å². The number of carbonyl (C=O) groups is 1. The number of nitrogens with one attached hydrogen (secondary N) is 2. The van der Waals surface area contributed by atoms with E-state index in [0.717, 1.165) is 26.6 Å². The molecule has 168 valence electrons. The molecule has 2 aliphatic heterocycles. The zero-order chi connectivity index (χ0) is 22.7. The average molecular weight is 440 g/mol. The van der Waals surface area contributed by atoms with Crippen molar-refractivity contribution in [2.75, 3.05) is 39.0 Å². The van der Waals surface area contributed by atoms with Crippen molar-refractivity contribution in [1.29, 1.82) is 0 Å². The van der Waals surface area contributed by atoms with Crippen molar-refractivity contribution in [3.05, 3.63) is 34.9 Å². The minimum atomic E-state index is -0.948. The van der Waals surface area contributed by atoms with E-state index in [-0.39, 0.29) is 12.5 Å². The Bertz CT molecular complexity index is 748. The monoisotopic (exact) mass is 439 g/mol. The number of aliphatic hydroxyl groups is 2. The molecule has 1 fully saturated rings. The number of carbonyl (C=O) groups excluding carboxylic acids is 1. The minimum absolute atomic E-state index is 0.0521. The molecule has 1 aromatic rings. The molecule has 1 saturated heterocycles. The molecular formula is C21H34ClN5O3. The fraction of sp³-hybridized carbons (Fsp3) is 0.524. The van der Waals surface area contributed by atoms with Gasteiger partial charge in [-0.15, -0.1) is 0 Å². The van der Waals surface area contributed by atoms with Gasteiger partial charge in [0.1, 0.15) is 18.6 Å². The Hall–Kier alpha value is -2.13. The number of anilines is 1. The number of halogens is 1. The van der Waals surface area contributed by atoms with Gasteiger partial charge in [-0.05, 0) is 56.6 Å². The van der Waals surface area contributed by atoms with Gasteiger partial charge in [0.05, 0.1) is 5.70 Å². The second kappa shape index (κ2) is 13.2. The number of hydrogen-bond donors (Lipinski definition) is 5. The molecule has 6 N–H and O–H groups in total. The summed E-state index contributed by atoms with van der Waals surface area (Å²) in [4.78, 5) is 18.3. The molecule has 2 aliphatic rings. The maximum atomic E-state index is 12.2. The first-order valence-corrected chi connectivity index (χ1v) is 10.5. The lowest BCUT2D eigenvalue weighted by atomic mass is 10.1. The highest BCUT2D eigenvalue weighted by Crippen LogP contribution is 2.28. The molecule has 1 aromatic carbocycles. The van der Waals surface area contributed by atoms with Gasteiger partial charge < -0.3 is 31.5 Å². The number of amides is 1. The largest absolute Gasteiger partial charge is 0.400 e. The number of aliphatic hydroxyl groups excluding tert-OH is 2. The Balaban J connectivity index is 0.00000106. The van der Waals surface area contributed by atoms with Gasteiger partial charge in [-0.2, -0.15) is 0 Å². The van der Waals surface area contributed by atoms with E-state index < -0.39 is 6.23 Å². The third-order valence-electron chi connectivity index (χ3n) is 4.68. The fourth-order valence-electron chi connectivity index (χ4n) is 3.18. The first-order chi connectivity index (χ1) is 14.4. The summed E-state index contributed by atoms with van der Waals surface area (Å²) in [5, 5.41) is 24.2. The van der Waals surface area contributed by atoms with Gasteiger partial charge in [-0.3, -0.25) is 4.79 Å². The van der Waals surface area contributed by atoms with Crippen molar-refractivity contribution in [3.8, 4) is 0 Å². The molecule has 0 spiro atoms. The quantitative estimate of drug-likeness (QED) is 0.445. The van der Waals surface area contributed by atoms with E-state index in [2.05, 4.69) is 15.6 Å². The van der Waals surface area contributed by atoms with Crippen LogP contribution >= 0.6 is 11.6 Å². The predicted octanol–water partition coefficient (Wildman–Crippen LogP) is 1.68. The summed E-state index contributed by atoms with van der Waals surface area (Å²) in [6.07, 6.45) is 1.71. The summed E-state index contributed by atoms with van der Waals surface area (Å²) >= 11 is 5.93. The Kier molecular flexibility index (Phi) is 11.4. The summed E-state index contributed by atoms with van der Waals surface area (Å²) in [6, 6.07) is 5.14. The highest BCUT2D eigenvalue weighted by Gasteiger charge is 2.25.